The van der Waals surface area contributed by atoms with Crippen molar-refractivity contribution in [1.82, 2.24) is 18.8 Å². The standard InChI is InChI=1S/C28H28N4O8.Na/c1-16(33)17-5-7-18(8-6-17)31-25(36)30-14-11-21-24(32(30)26(31)37)20-10-9-19(15-22(20)40-28(21,2)3)39-27(38)29(4)13-12-23(34)35;/h5-11,15,24H,12-14H2,1-4H3,(H,34,35);/q;+1/p-1. The van der Waals surface area contributed by atoms with E-state index in [1.54, 1.807) is 36.4 Å². The molecule has 0 saturated heterocycles. The van der Waals surface area contributed by atoms with E-state index in [0.717, 1.165) is 15.0 Å². The van der Waals surface area contributed by atoms with Gasteiger partial charge in [0.05, 0.1) is 12.2 Å². The van der Waals surface area contributed by atoms with Gasteiger partial charge in [-0.15, -0.1) is 0 Å². The molecule has 1 unspecified atom stereocenters. The molecule has 2 aliphatic heterocycles. The fourth-order valence-electron chi connectivity index (χ4n) is 5.03. The van der Waals surface area contributed by atoms with Gasteiger partial charge in [0, 0.05) is 43.2 Å². The third kappa shape index (κ3) is 5.42. The molecular weight excluding hydrogens is 543 g/mol. The van der Waals surface area contributed by atoms with Crippen molar-refractivity contribution in [3.05, 3.63) is 86.2 Å². The van der Waals surface area contributed by atoms with E-state index in [-0.39, 0.29) is 60.6 Å². The first-order chi connectivity index (χ1) is 18.9. The molecular formula is C28H27N4NaO8. The molecule has 0 saturated carbocycles. The van der Waals surface area contributed by atoms with E-state index in [9.17, 15) is 29.1 Å². The van der Waals surface area contributed by atoms with Gasteiger partial charge in [-0.05, 0) is 62.7 Å². The van der Waals surface area contributed by atoms with E-state index < -0.39 is 35.1 Å². The molecule has 2 aliphatic rings. The Balaban J connectivity index is 0.00000387. The van der Waals surface area contributed by atoms with E-state index >= 15 is 0 Å². The van der Waals surface area contributed by atoms with Crippen LogP contribution >= 0.6 is 0 Å². The van der Waals surface area contributed by atoms with Crippen LogP contribution < -0.4 is 55.5 Å². The molecule has 0 radical (unpaired) electrons. The van der Waals surface area contributed by atoms with Crippen molar-refractivity contribution >= 4 is 17.8 Å². The summed E-state index contributed by atoms with van der Waals surface area (Å²) in [7, 11) is 1.41. The van der Waals surface area contributed by atoms with Crippen LogP contribution in [-0.2, 0) is 11.3 Å². The fraction of sp³-hybridized carbons (Fsp3) is 0.321. The van der Waals surface area contributed by atoms with Gasteiger partial charge >= 0.3 is 47.0 Å². The number of carboxylic acids is 1. The van der Waals surface area contributed by atoms with Gasteiger partial charge in [-0.3, -0.25) is 4.79 Å². The summed E-state index contributed by atoms with van der Waals surface area (Å²) in [6.45, 7) is 5.20. The molecule has 208 valence electrons. The third-order valence-corrected chi connectivity index (χ3v) is 7.12. The van der Waals surface area contributed by atoms with Crippen molar-refractivity contribution in [1.29, 1.82) is 0 Å². The number of benzene rings is 2. The van der Waals surface area contributed by atoms with E-state index in [2.05, 4.69) is 0 Å². The van der Waals surface area contributed by atoms with Crippen molar-refractivity contribution in [2.24, 2.45) is 0 Å². The molecule has 12 nitrogen and oxygen atoms in total. The molecule has 0 aliphatic carbocycles. The Hall–Kier alpha value is -3.87. The summed E-state index contributed by atoms with van der Waals surface area (Å²) >= 11 is 0. The van der Waals surface area contributed by atoms with Gasteiger partial charge in [0.2, 0.25) is 0 Å². The minimum absolute atomic E-state index is 0. The maximum Gasteiger partial charge on any atom is 1.00 e. The van der Waals surface area contributed by atoms with Crippen molar-refractivity contribution in [3.63, 3.8) is 0 Å². The average molecular weight is 571 g/mol. The number of carbonyl (C=O) groups is 3. The molecule has 41 heavy (non-hydrogen) atoms. The molecule has 13 heteroatoms. The first-order valence-electron chi connectivity index (χ1n) is 12.6. The zero-order valence-electron chi connectivity index (χ0n) is 23.4. The van der Waals surface area contributed by atoms with E-state index in [0.29, 0.717) is 22.6 Å². The summed E-state index contributed by atoms with van der Waals surface area (Å²) in [4.78, 5) is 63.1. The third-order valence-electron chi connectivity index (χ3n) is 7.12. The van der Waals surface area contributed by atoms with E-state index in [1.165, 1.54) is 29.4 Å². The maximum atomic E-state index is 13.8. The van der Waals surface area contributed by atoms with E-state index in [4.69, 9.17) is 9.47 Å². The Bertz CT molecular complexity index is 1700. The predicted octanol–water partition coefficient (Wildman–Crippen LogP) is -1.72. The van der Waals surface area contributed by atoms with Crippen molar-refractivity contribution in [2.75, 3.05) is 13.6 Å². The zero-order chi connectivity index (χ0) is 28.9. The Kier molecular flexibility index (Phi) is 8.21. The normalized spacial score (nSPS) is 16.1. The van der Waals surface area contributed by atoms with Gasteiger partial charge in [0.25, 0.3) is 0 Å². The average Bonchev–Trinajstić information content (AvgIpc) is 3.16. The van der Waals surface area contributed by atoms with Crippen LogP contribution in [-0.4, -0.2) is 55.9 Å². The van der Waals surface area contributed by atoms with Crippen LogP contribution in [0.15, 0.2) is 63.7 Å². The minimum Gasteiger partial charge on any atom is -0.550 e. The molecule has 0 bridgehead atoms. The first kappa shape index (κ1) is 30.1. The van der Waals surface area contributed by atoms with Gasteiger partial charge in [0.1, 0.15) is 23.1 Å². The summed E-state index contributed by atoms with van der Waals surface area (Å²) < 4.78 is 15.5. The molecule has 5 rings (SSSR count). The topological polar surface area (TPSA) is 145 Å². The van der Waals surface area contributed by atoms with Gasteiger partial charge in [0.15, 0.2) is 5.78 Å². The minimum atomic E-state index is -1.28. The van der Waals surface area contributed by atoms with Crippen LogP contribution in [0.5, 0.6) is 11.5 Å². The second-order valence-corrected chi connectivity index (χ2v) is 10.2. The van der Waals surface area contributed by atoms with Crippen molar-refractivity contribution in [3.8, 4) is 17.2 Å². The Labute approximate surface area is 256 Å². The number of aromatic nitrogens is 3. The van der Waals surface area contributed by atoms with Gasteiger partial charge in [-0.1, -0.05) is 6.08 Å². The van der Waals surface area contributed by atoms with Crippen LogP contribution in [0.25, 0.3) is 5.69 Å². The van der Waals surface area contributed by atoms with E-state index in [1.807, 2.05) is 19.9 Å². The molecule has 0 spiro atoms. The summed E-state index contributed by atoms with van der Waals surface area (Å²) in [5, 5.41) is 10.7. The molecule has 0 N–H and O–H groups in total. The van der Waals surface area contributed by atoms with Crippen LogP contribution in [0.1, 0.15) is 49.2 Å². The molecule has 0 fully saturated rings. The Morgan fingerprint density at radius 1 is 1.10 bits per heavy atom. The zero-order valence-corrected chi connectivity index (χ0v) is 25.4. The molecule has 1 aromatic heterocycles. The van der Waals surface area contributed by atoms with Gasteiger partial charge in [-0.2, -0.15) is 0 Å². The number of amides is 1. The van der Waals surface area contributed by atoms with Crippen LogP contribution in [0.3, 0.4) is 0 Å². The fourth-order valence-corrected chi connectivity index (χ4v) is 5.03. The largest absolute Gasteiger partial charge is 1.00 e. The number of hydrogen-bond donors (Lipinski definition) is 0. The molecule has 3 heterocycles. The summed E-state index contributed by atoms with van der Waals surface area (Å²) in [6.07, 6.45) is 0.783. The maximum absolute atomic E-state index is 13.8. The number of carbonyl (C=O) groups excluding carboxylic acids is 3. The summed E-state index contributed by atoms with van der Waals surface area (Å²) in [6, 6.07) is 10.3. The number of ketones is 1. The van der Waals surface area contributed by atoms with Crippen molar-refractivity contribution < 1.29 is 58.5 Å². The molecule has 1 atom stereocenters. The molecule has 1 amide bonds. The van der Waals surface area contributed by atoms with Gasteiger partial charge in [-0.25, -0.2) is 28.3 Å². The monoisotopic (exact) mass is 570 g/mol. The number of hydrogen-bond acceptors (Lipinski definition) is 8. The van der Waals surface area contributed by atoms with Gasteiger partial charge < -0.3 is 24.3 Å². The molecule has 2 aromatic carbocycles. The number of aliphatic carboxylic acids is 1. The number of rotatable bonds is 6. The van der Waals surface area contributed by atoms with Crippen LogP contribution in [0, 0.1) is 0 Å². The molecule has 3 aromatic rings. The number of ether oxygens (including phenoxy) is 2. The Morgan fingerprint density at radius 3 is 2.41 bits per heavy atom. The quantitative estimate of drug-likeness (QED) is 0.193. The number of Topliss-reactive ketones (excluding diaryl/α,β-unsaturated/α-hetero) is 1. The van der Waals surface area contributed by atoms with Crippen LogP contribution in [0.4, 0.5) is 4.79 Å². The SMILES string of the molecule is CC(=O)c1ccc(-n2c(=O)n3n(c2=O)C2C(=CC3)C(C)(C)Oc3cc(OC(=O)N(C)CCC(=O)[O-])ccc32)cc1.[Na+]. The Morgan fingerprint density at radius 2 is 1.78 bits per heavy atom. The van der Waals surface area contributed by atoms with Crippen molar-refractivity contribution in [2.45, 2.75) is 45.4 Å². The predicted molar refractivity (Wildman–Crippen MR) is 140 cm³/mol. The summed E-state index contributed by atoms with van der Waals surface area (Å²) in [5.74, 6) is -0.885. The smallest absolute Gasteiger partial charge is 0.550 e. The number of allylic oxidation sites excluding steroid dienone is 1. The van der Waals surface area contributed by atoms with Crippen LogP contribution in [0.2, 0.25) is 0 Å². The number of nitrogens with zero attached hydrogens (tertiary/aromatic N) is 4. The second kappa shape index (κ2) is 11.2. The second-order valence-electron chi connectivity index (χ2n) is 10.2. The first-order valence-corrected chi connectivity index (χ1v) is 12.6. The summed E-state index contributed by atoms with van der Waals surface area (Å²) in [5.41, 5.74) is 0.251. The number of carboxylic acid groups (broad SMARTS) is 1. The number of fused-ring (bicyclic) bond motifs is 5.